The summed E-state index contributed by atoms with van der Waals surface area (Å²) in [5.41, 5.74) is 1.70. The van der Waals surface area contributed by atoms with Gasteiger partial charge in [-0.2, -0.15) is 10.5 Å². The van der Waals surface area contributed by atoms with E-state index in [-0.39, 0.29) is 11.4 Å². The number of hydrogen-bond acceptors (Lipinski definition) is 10. The fourth-order valence-electron chi connectivity index (χ4n) is 2.42. The molecule has 1 aliphatic rings. The first-order chi connectivity index (χ1) is 12.5. The van der Waals surface area contributed by atoms with E-state index in [0.29, 0.717) is 0 Å². The Morgan fingerprint density at radius 1 is 1.27 bits per heavy atom. The molecule has 1 aliphatic heterocycles. The van der Waals surface area contributed by atoms with Crippen molar-refractivity contribution < 1.29 is 29.7 Å². The monoisotopic (exact) mass is 364 g/mol. The van der Waals surface area contributed by atoms with E-state index in [1.54, 1.807) is 0 Å². The first-order valence-electron chi connectivity index (χ1n) is 7.60. The molecule has 4 atom stereocenters. The molecular weight excluding hydrogens is 348 g/mol. The average molecular weight is 364 g/mol. The third-order valence-electron chi connectivity index (χ3n) is 3.79. The molecule has 138 valence electrons. The van der Waals surface area contributed by atoms with Gasteiger partial charge < -0.3 is 24.9 Å². The Hall–Kier alpha value is -2.86. The van der Waals surface area contributed by atoms with Crippen LogP contribution in [0.5, 0.6) is 0 Å². The Kier molecular flexibility index (Phi) is 5.23. The highest BCUT2D eigenvalue weighted by atomic mass is 16.7. The topological polar surface area (TPSA) is 156 Å². The fraction of sp³-hybridized carbons (Fsp3) is 0.333. The maximum atomic E-state index is 12.1. The number of hydrogen-bond donors (Lipinski definition) is 4. The molecular formula is C15H16N4O7. The molecule has 1 fully saturated rings. The lowest BCUT2D eigenvalue weighted by molar-refractivity contribution is -0.0549. The summed E-state index contributed by atoms with van der Waals surface area (Å²) in [5.74, 6) is -0.734. The van der Waals surface area contributed by atoms with E-state index in [2.05, 4.69) is 15.4 Å². The third kappa shape index (κ3) is 3.55. The lowest BCUT2D eigenvalue weighted by atomic mass is 10.1. The molecule has 0 saturated carbocycles. The van der Waals surface area contributed by atoms with Crippen LogP contribution in [0, 0.1) is 0 Å². The van der Waals surface area contributed by atoms with Crippen molar-refractivity contribution in [1.82, 2.24) is 14.5 Å². The standard InChI is InChI=1S/C15H16N4O7/c20-7-9-11(21)12(22)13(25-9)19-6-3-10(17-15(19)24)18-26-14(23)8-1-4-16-5-2-8/h1-6,9,11-13,20-22H,7H2,(H,17,18,24)/t9-,11-,12-,13-/m1/s1. The van der Waals surface area contributed by atoms with E-state index in [9.17, 15) is 19.8 Å². The Morgan fingerprint density at radius 3 is 2.62 bits per heavy atom. The number of anilines is 1. The van der Waals surface area contributed by atoms with Crippen LogP contribution in [0.4, 0.5) is 5.82 Å². The summed E-state index contributed by atoms with van der Waals surface area (Å²) in [4.78, 5) is 36.2. The summed E-state index contributed by atoms with van der Waals surface area (Å²) in [7, 11) is 0. The minimum absolute atomic E-state index is 0.0413. The van der Waals surface area contributed by atoms with Gasteiger partial charge in [0.25, 0.3) is 0 Å². The molecule has 0 radical (unpaired) electrons. The number of aliphatic hydroxyl groups excluding tert-OH is 3. The quantitative estimate of drug-likeness (QED) is 0.457. The van der Waals surface area contributed by atoms with Gasteiger partial charge in [-0.15, -0.1) is 0 Å². The molecule has 4 N–H and O–H groups in total. The van der Waals surface area contributed by atoms with Gasteiger partial charge in [-0.25, -0.2) is 9.59 Å². The molecule has 11 heteroatoms. The molecule has 0 unspecified atom stereocenters. The van der Waals surface area contributed by atoms with Crippen LogP contribution in [0.15, 0.2) is 41.6 Å². The van der Waals surface area contributed by atoms with Gasteiger partial charge in [0.1, 0.15) is 18.3 Å². The van der Waals surface area contributed by atoms with Gasteiger partial charge in [0, 0.05) is 24.7 Å². The molecule has 2 aromatic rings. The number of carbonyl (C=O) groups is 1. The van der Waals surface area contributed by atoms with Crippen LogP contribution in [0.1, 0.15) is 16.6 Å². The molecule has 3 heterocycles. The van der Waals surface area contributed by atoms with Gasteiger partial charge in [-0.05, 0) is 12.1 Å². The highest BCUT2D eigenvalue weighted by molar-refractivity contribution is 5.89. The Bertz CT molecular complexity index is 828. The second-order valence-electron chi connectivity index (χ2n) is 5.46. The lowest BCUT2D eigenvalue weighted by Gasteiger charge is -2.17. The SMILES string of the molecule is O=C(ONc1ccn([C@@H]2O[C@H](CO)[C@@H](O)[C@H]2O)c(=O)n1)c1ccncc1. The van der Waals surface area contributed by atoms with Crippen LogP contribution in [0.2, 0.25) is 0 Å². The van der Waals surface area contributed by atoms with Gasteiger partial charge in [0.15, 0.2) is 12.0 Å². The maximum Gasteiger partial charge on any atom is 0.362 e. The predicted octanol–water partition coefficient (Wildman–Crippen LogP) is -1.57. The second kappa shape index (κ2) is 7.58. The molecule has 0 aromatic carbocycles. The summed E-state index contributed by atoms with van der Waals surface area (Å²) in [6.45, 7) is -0.512. The van der Waals surface area contributed by atoms with Gasteiger partial charge in [0.05, 0.1) is 12.2 Å². The summed E-state index contributed by atoms with van der Waals surface area (Å²) >= 11 is 0. The van der Waals surface area contributed by atoms with Gasteiger partial charge in [0.2, 0.25) is 0 Å². The Balaban J connectivity index is 1.68. The largest absolute Gasteiger partial charge is 0.394 e. The number of aliphatic hydroxyl groups is 3. The van der Waals surface area contributed by atoms with Crippen molar-refractivity contribution in [2.75, 3.05) is 12.1 Å². The van der Waals surface area contributed by atoms with E-state index >= 15 is 0 Å². The predicted molar refractivity (Wildman–Crippen MR) is 84.8 cm³/mol. The summed E-state index contributed by atoms with van der Waals surface area (Å²) in [6.07, 6.45) is -0.852. The summed E-state index contributed by atoms with van der Waals surface area (Å²) in [6, 6.07) is 4.23. The molecule has 2 aromatic heterocycles. The first-order valence-corrected chi connectivity index (χ1v) is 7.60. The van der Waals surface area contributed by atoms with Crippen LogP contribution in [0.25, 0.3) is 0 Å². The molecule has 0 spiro atoms. The maximum absolute atomic E-state index is 12.1. The normalized spacial score (nSPS) is 25.0. The van der Waals surface area contributed by atoms with E-state index in [0.717, 1.165) is 4.57 Å². The van der Waals surface area contributed by atoms with Crippen molar-refractivity contribution in [3.8, 4) is 0 Å². The van der Waals surface area contributed by atoms with Crippen LogP contribution in [0.3, 0.4) is 0 Å². The number of carbonyl (C=O) groups excluding carboxylic acids is 1. The van der Waals surface area contributed by atoms with Crippen molar-refractivity contribution >= 4 is 11.8 Å². The lowest BCUT2D eigenvalue weighted by Crippen LogP contribution is -2.36. The zero-order valence-electron chi connectivity index (χ0n) is 13.3. The highest BCUT2D eigenvalue weighted by Gasteiger charge is 2.43. The minimum Gasteiger partial charge on any atom is -0.394 e. The summed E-state index contributed by atoms with van der Waals surface area (Å²) in [5, 5.41) is 28.8. The van der Waals surface area contributed by atoms with Crippen LogP contribution in [-0.4, -0.2) is 60.7 Å². The number of aromatic nitrogens is 3. The highest BCUT2D eigenvalue weighted by Crippen LogP contribution is 2.28. The number of rotatable bonds is 5. The number of ether oxygens (including phenoxy) is 1. The van der Waals surface area contributed by atoms with E-state index in [1.165, 1.54) is 36.8 Å². The van der Waals surface area contributed by atoms with Gasteiger partial charge in [-0.3, -0.25) is 9.55 Å². The summed E-state index contributed by atoms with van der Waals surface area (Å²) < 4.78 is 6.22. The van der Waals surface area contributed by atoms with Crippen molar-refractivity contribution in [1.29, 1.82) is 0 Å². The number of pyridine rings is 1. The van der Waals surface area contributed by atoms with E-state index < -0.39 is 42.8 Å². The fourth-order valence-corrected chi connectivity index (χ4v) is 2.42. The third-order valence-corrected chi connectivity index (χ3v) is 3.79. The van der Waals surface area contributed by atoms with Crippen molar-refractivity contribution in [3.05, 3.63) is 52.8 Å². The molecule has 0 amide bonds. The van der Waals surface area contributed by atoms with E-state index in [4.69, 9.17) is 14.7 Å². The number of nitrogens with one attached hydrogen (secondary N) is 1. The van der Waals surface area contributed by atoms with Gasteiger partial charge >= 0.3 is 11.7 Å². The molecule has 3 rings (SSSR count). The molecule has 26 heavy (non-hydrogen) atoms. The Morgan fingerprint density at radius 2 is 2.00 bits per heavy atom. The molecule has 0 aliphatic carbocycles. The molecule has 0 bridgehead atoms. The van der Waals surface area contributed by atoms with Gasteiger partial charge in [-0.1, -0.05) is 0 Å². The minimum atomic E-state index is -1.41. The van der Waals surface area contributed by atoms with Crippen molar-refractivity contribution in [3.63, 3.8) is 0 Å². The zero-order valence-corrected chi connectivity index (χ0v) is 13.3. The number of nitrogens with zero attached hydrogens (tertiary/aromatic N) is 3. The van der Waals surface area contributed by atoms with Crippen LogP contribution >= 0.6 is 0 Å². The van der Waals surface area contributed by atoms with E-state index in [1.807, 2.05) is 0 Å². The van der Waals surface area contributed by atoms with Crippen LogP contribution in [-0.2, 0) is 9.57 Å². The smallest absolute Gasteiger partial charge is 0.362 e. The second-order valence-corrected chi connectivity index (χ2v) is 5.46. The zero-order chi connectivity index (χ0) is 18.7. The first kappa shape index (κ1) is 17.9. The molecule has 1 saturated heterocycles. The molecule has 11 nitrogen and oxygen atoms in total. The van der Waals surface area contributed by atoms with Crippen molar-refractivity contribution in [2.45, 2.75) is 24.5 Å². The van der Waals surface area contributed by atoms with Crippen molar-refractivity contribution in [2.24, 2.45) is 0 Å². The Labute approximate surface area is 146 Å². The average Bonchev–Trinajstić information content (AvgIpc) is 2.95. The van der Waals surface area contributed by atoms with Crippen LogP contribution < -0.4 is 11.2 Å².